The molecule has 0 aliphatic heterocycles. The smallest absolute Gasteiger partial charge is 0.265 e. The standard InChI is InChI=1S/C14H12FNO3S2/c1-8(17)9-5-12(20-7-9)14(18)16-10-3-4-13(21(2)19)11(15)6-10/h3-7H,1-2H3,(H,16,18)/t21-/m1/s1. The molecule has 0 saturated heterocycles. The van der Waals surface area contributed by atoms with Crippen molar-refractivity contribution in [3.8, 4) is 0 Å². The number of nitrogens with one attached hydrogen (secondary N) is 1. The molecule has 1 aromatic carbocycles. The van der Waals surface area contributed by atoms with Crippen LogP contribution in [0.2, 0.25) is 0 Å². The molecule has 0 bridgehead atoms. The second kappa shape index (κ2) is 6.28. The molecule has 0 aliphatic carbocycles. The van der Waals surface area contributed by atoms with Crippen molar-refractivity contribution in [2.45, 2.75) is 11.8 Å². The maximum absolute atomic E-state index is 13.7. The van der Waals surface area contributed by atoms with Gasteiger partial charge in [-0.2, -0.15) is 0 Å². The second-order valence-electron chi connectivity index (χ2n) is 4.31. The Labute approximate surface area is 127 Å². The van der Waals surface area contributed by atoms with Gasteiger partial charge in [-0.15, -0.1) is 11.3 Å². The van der Waals surface area contributed by atoms with Crippen LogP contribution in [0.25, 0.3) is 0 Å². The van der Waals surface area contributed by atoms with Crippen molar-refractivity contribution in [3.05, 3.63) is 45.9 Å². The average molecular weight is 325 g/mol. The number of amides is 1. The molecule has 0 fully saturated rings. The predicted octanol–water partition coefficient (Wildman–Crippen LogP) is 3.08. The number of halogens is 1. The first-order valence-corrected chi connectivity index (χ1v) is 8.36. The van der Waals surface area contributed by atoms with Gasteiger partial charge in [0, 0.05) is 22.9 Å². The van der Waals surface area contributed by atoms with E-state index < -0.39 is 22.5 Å². The van der Waals surface area contributed by atoms with Crippen LogP contribution in [-0.4, -0.2) is 22.2 Å². The lowest BCUT2D eigenvalue weighted by Crippen LogP contribution is -2.10. The molecule has 0 radical (unpaired) electrons. The summed E-state index contributed by atoms with van der Waals surface area (Å²) in [6, 6.07) is 5.47. The van der Waals surface area contributed by atoms with E-state index in [1.807, 2.05) is 0 Å². The number of ketones is 1. The first-order valence-electron chi connectivity index (χ1n) is 5.92. The zero-order chi connectivity index (χ0) is 15.6. The van der Waals surface area contributed by atoms with Crippen molar-refractivity contribution >= 4 is 39.5 Å². The van der Waals surface area contributed by atoms with Gasteiger partial charge in [0.15, 0.2) is 5.78 Å². The molecule has 2 aromatic rings. The summed E-state index contributed by atoms with van der Waals surface area (Å²) in [6.07, 6.45) is 1.38. The van der Waals surface area contributed by atoms with Gasteiger partial charge in [-0.25, -0.2) is 4.39 Å². The minimum atomic E-state index is -1.42. The van der Waals surface area contributed by atoms with E-state index in [4.69, 9.17) is 0 Å². The Balaban J connectivity index is 2.17. The van der Waals surface area contributed by atoms with Crippen molar-refractivity contribution < 1.29 is 18.2 Å². The topological polar surface area (TPSA) is 63.2 Å². The van der Waals surface area contributed by atoms with E-state index in [0.717, 1.165) is 17.4 Å². The Morgan fingerprint density at radius 2 is 2.00 bits per heavy atom. The zero-order valence-electron chi connectivity index (χ0n) is 11.3. The number of carbonyl (C=O) groups is 2. The second-order valence-corrected chi connectivity index (χ2v) is 6.57. The summed E-state index contributed by atoms with van der Waals surface area (Å²) >= 11 is 1.14. The lowest BCUT2D eigenvalue weighted by molar-refractivity contribution is 0.101. The molecule has 0 aliphatic rings. The number of benzene rings is 1. The van der Waals surface area contributed by atoms with E-state index in [9.17, 15) is 18.2 Å². The zero-order valence-corrected chi connectivity index (χ0v) is 12.9. The highest BCUT2D eigenvalue weighted by Gasteiger charge is 2.13. The van der Waals surface area contributed by atoms with Gasteiger partial charge in [-0.05, 0) is 31.2 Å². The van der Waals surface area contributed by atoms with Crippen molar-refractivity contribution in [2.75, 3.05) is 11.6 Å². The molecule has 1 atom stereocenters. The van der Waals surface area contributed by atoms with E-state index >= 15 is 0 Å². The van der Waals surface area contributed by atoms with Gasteiger partial charge in [0.25, 0.3) is 5.91 Å². The third-order valence-corrected chi connectivity index (χ3v) is 4.61. The first kappa shape index (κ1) is 15.5. The minimum Gasteiger partial charge on any atom is -0.321 e. The molecule has 4 nitrogen and oxygen atoms in total. The van der Waals surface area contributed by atoms with E-state index in [1.54, 1.807) is 5.38 Å². The highest BCUT2D eigenvalue weighted by molar-refractivity contribution is 7.84. The van der Waals surface area contributed by atoms with E-state index in [1.165, 1.54) is 31.4 Å². The van der Waals surface area contributed by atoms with Crippen LogP contribution in [0.1, 0.15) is 27.0 Å². The summed E-state index contributed by atoms with van der Waals surface area (Å²) in [6.45, 7) is 1.42. The van der Waals surface area contributed by atoms with Crippen molar-refractivity contribution in [3.63, 3.8) is 0 Å². The fourth-order valence-electron chi connectivity index (χ4n) is 1.64. The Morgan fingerprint density at radius 3 is 2.52 bits per heavy atom. The molecular formula is C14H12FNO3S2. The van der Waals surface area contributed by atoms with Crippen LogP contribution >= 0.6 is 11.3 Å². The van der Waals surface area contributed by atoms with Gasteiger partial charge >= 0.3 is 0 Å². The Morgan fingerprint density at radius 1 is 1.29 bits per heavy atom. The van der Waals surface area contributed by atoms with Crippen LogP contribution in [0.15, 0.2) is 34.5 Å². The van der Waals surface area contributed by atoms with Crippen LogP contribution in [0.3, 0.4) is 0 Å². The fourth-order valence-corrected chi connectivity index (χ4v) is 3.08. The summed E-state index contributed by atoms with van der Waals surface area (Å²) < 4.78 is 24.9. The SMILES string of the molecule is CC(=O)c1csc(C(=O)Nc2ccc([S@@](C)=O)c(F)c2)c1. The van der Waals surface area contributed by atoms with Gasteiger partial charge in [-0.3, -0.25) is 13.8 Å². The summed E-state index contributed by atoms with van der Waals surface area (Å²) in [4.78, 5) is 23.6. The van der Waals surface area contributed by atoms with Crippen molar-refractivity contribution in [1.29, 1.82) is 0 Å². The number of hydrogen-bond acceptors (Lipinski definition) is 4. The molecular weight excluding hydrogens is 313 g/mol. The maximum atomic E-state index is 13.7. The third kappa shape index (κ3) is 3.62. The largest absolute Gasteiger partial charge is 0.321 e. The average Bonchev–Trinajstić information content (AvgIpc) is 2.88. The van der Waals surface area contributed by atoms with Crippen LogP contribution in [0.4, 0.5) is 10.1 Å². The summed E-state index contributed by atoms with van der Waals surface area (Å²) in [7, 11) is -1.42. The Kier molecular flexibility index (Phi) is 4.64. The van der Waals surface area contributed by atoms with Gasteiger partial charge in [0.1, 0.15) is 5.82 Å². The molecule has 1 N–H and O–H groups in total. The molecule has 21 heavy (non-hydrogen) atoms. The quantitative estimate of drug-likeness (QED) is 0.879. The third-order valence-electron chi connectivity index (χ3n) is 2.73. The monoisotopic (exact) mass is 325 g/mol. The van der Waals surface area contributed by atoms with Crippen molar-refractivity contribution in [1.82, 2.24) is 0 Å². The number of anilines is 1. The molecule has 0 spiro atoms. The normalized spacial score (nSPS) is 12.0. The summed E-state index contributed by atoms with van der Waals surface area (Å²) in [5, 5.41) is 4.14. The Bertz CT molecular complexity index is 740. The van der Waals surface area contributed by atoms with Gasteiger partial charge in [-0.1, -0.05) is 0 Å². The van der Waals surface area contributed by atoms with Crippen LogP contribution in [-0.2, 0) is 10.8 Å². The summed E-state index contributed by atoms with van der Waals surface area (Å²) in [5.74, 6) is -1.17. The molecule has 1 aromatic heterocycles. The van der Waals surface area contributed by atoms with Crippen LogP contribution in [0, 0.1) is 5.82 Å². The molecule has 110 valence electrons. The Hall–Kier alpha value is -1.86. The molecule has 0 unspecified atom stereocenters. The number of Topliss-reactive ketones (excluding diaryl/α,β-unsaturated/α-hetero) is 1. The number of rotatable bonds is 4. The van der Waals surface area contributed by atoms with Gasteiger partial charge in [0.2, 0.25) is 0 Å². The summed E-state index contributed by atoms with van der Waals surface area (Å²) in [5.41, 5.74) is 0.734. The van der Waals surface area contributed by atoms with Crippen molar-refractivity contribution in [2.24, 2.45) is 0 Å². The van der Waals surface area contributed by atoms with Crippen LogP contribution < -0.4 is 5.32 Å². The lowest BCUT2D eigenvalue weighted by Gasteiger charge is -2.05. The molecule has 7 heteroatoms. The minimum absolute atomic E-state index is 0.0861. The van der Waals surface area contributed by atoms with E-state index in [2.05, 4.69) is 5.32 Å². The maximum Gasteiger partial charge on any atom is 0.265 e. The van der Waals surface area contributed by atoms with E-state index in [-0.39, 0.29) is 16.4 Å². The number of thiophene rings is 1. The first-order chi connectivity index (χ1) is 9.88. The number of hydrogen-bond donors (Lipinski definition) is 1. The molecule has 1 heterocycles. The number of carbonyl (C=O) groups excluding carboxylic acids is 2. The van der Waals surface area contributed by atoms with Gasteiger partial charge in [0.05, 0.1) is 20.6 Å². The highest BCUT2D eigenvalue weighted by atomic mass is 32.2. The highest BCUT2D eigenvalue weighted by Crippen LogP contribution is 2.20. The van der Waals surface area contributed by atoms with Gasteiger partial charge < -0.3 is 5.32 Å². The lowest BCUT2D eigenvalue weighted by atomic mass is 10.2. The predicted molar refractivity (Wildman–Crippen MR) is 81.0 cm³/mol. The fraction of sp³-hybridized carbons (Fsp3) is 0.143. The molecule has 0 saturated carbocycles. The van der Waals surface area contributed by atoms with E-state index in [0.29, 0.717) is 10.4 Å². The molecule has 2 rings (SSSR count). The van der Waals surface area contributed by atoms with Crippen LogP contribution in [0.5, 0.6) is 0 Å². The molecule has 1 amide bonds.